The van der Waals surface area contributed by atoms with Crippen LogP contribution in [0.5, 0.6) is 0 Å². The van der Waals surface area contributed by atoms with Gasteiger partial charge in [-0.15, -0.1) is 0 Å². The van der Waals surface area contributed by atoms with E-state index in [-0.39, 0.29) is 19.6 Å². The van der Waals surface area contributed by atoms with Crippen LogP contribution in [0.2, 0.25) is 0 Å². The lowest BCUT2D eigenvalue weighted by Crippen LogP contribution is -2.52. The molecule has 0 aliphatic rings. The standard InChI is InChI=1S/C30H42N2O7/c1-6-36-27(37-7-2)21-32(19-18-23-14-10-8-11-15-23)28(34)25(20-26(33)39-30(3,4)5)31-29(35)38-22-24-16-12-9-13-17-24/h8-17,25,27H,6-7,18-22H2,1-5H3,(H,31,35)/t25-/m0/s1. The SMILES string of the molecule is CCOC(CN(CCc1ccccc1)C(=O)[C@H](CC(=O)OC(C)(C)C)NC(=O)OCc1ccccc1)OCC. The van der Waals surface area contributed by atoms with Crippen LogP contribution in [0.15, 0.2) is 60.7 Å². The van der Waals surface area contributed by atoms with Gasteiger partial charge in [0.25, 0.3) is 0 Å². The van der Waals surface area contributed by atoms with Crippen LogP contribution >= 0.6 is 0 Å². The number of esters is 1. The van der Waals surface area contributed by atoms with Crippen molar-refractivity contribution < 1.29 is 33.3 Å². The third kappa shape index (κ3) is 12.8. The van der Waals surface area contributed by atoms with E-state index in [1.165, 1.54) is 0 Å². The van der Waals surface area contributed by atoms with Gasteiger partial charge in [0.05, 0.1) is 13.0 Å². The molecule has 0 heterocycles. The lowest BCUT2D eigenvalue weighted by molar-refractivity contribution is -0.163. The number of carbonyl (C=O) groups excluding carboxylic acids is 3. The first kappa shape index (κ1) is 31.8. The summed E-state index contributed by atoms with van der Waals surface area (Å²) < 4.78 is 22.2. The highest BCUT2D eigenvalue weighted by Crippen LogP contribution is 2.13. The Labute approximate surface area is 231 Å². The molecule has 39 heavy (non-hydrogen) atoms. The molecule has 2 aromatic rings. The second-order valence-electron chi connectivity index (χ2n) is 9.91. The van der Waals surface area contributed by atoms with Crippen molar-refractivity contribution in [2.45, 2.75) is 72.0 Å². The molecule has 0 spiro atoms. The van der Waals surface area contributed by atoms with Gasteiger partial charge in [-0.05, 0) is 52.2 Å². The molecule has 2 amide bonds. The van der Waals surface area contributed by atoms with E-state index in [4.69, 9.17) is 18.9 Å². The van der Waals surface area contributed by atoms with Crippen molar-refractivity contribution in [2.75, 3.05) is 26.3 Å². The van der Waals surface area contributed by atoms with Crippen LogP contribution in [0.4, 0.5) is 4.79 Å². The molecular formula is C30H42N2O7. The summed E-state index contributed by atoms with van der Waals surface area (Å²) in [5, 5.41) is 2.58. The zero-order chi connectivity index (χ0) is 28.7. The summed E-state index contributed by atoms with van der Waals surface area (Å²) in [6, 6.07) is 17.7. The zero-order valence-electron chi connectivity index (χ0n) is 23.7. The lowest BCUT2D eigenvalue weighted by atomic mass is 10.1. The van der Waals surface area contributed by atoms with E-state index >= 15 is 0 Å². The smallest absolute Gasteiger partial charge is 0.408 e. The number of hydrogen-bond acceptors (Lipinski definition) is 7. The van der Waals surface area contributed by atoms with Crippen LogP contribution in [0, 0.1) is 0 Å². The Morgan fingerprint density at radius 2 is 1.44 bits per heavy atom. The number of rotatable bonds is 15. The van der Waals surface area contributed by atoms with Gasteiger partial charge in [-0.2, -0.15) is 0 Å². The first-order valence-electron chi connectivity index (χ1n) is 13.4. The normalized spacial score (nSPS) is 12.1. The fourth-order valence-electron chi connectivity index (χ4n) is 3.78. The van der Waals surface area contributed by atoms with E-state index in [2.05, 4.69) is 5.32 Å². The molecule has 0 unspecified atom stereocenters. The van der Waals surface area contributed by atoms with Crippen molar-refractivity contribution in [3.63, 3.8) is 0 Å². The molecule has 2 aromatic carbocycles. The highest BCUT2D eigenvalue weighted by Gasteiger charge is 2.32. The van der Waals surface area contributed by atoms with E-state index in [0.717, 1.165) is 11.1 Å². The van der Waals surface area contributed by atoms with Crippen molar-refractivity contribution >= 4 is 18.0 Å². The molecule has 0 saturated heterocycles. The monoisotopic (exact) mass is 542 g/mol. The maximum atomic E-state index is 13.9. The number of alkyl carbamates (subject to hydrolysis) is 1. The molecule has 0 fully saturated rings. The summed E-state index contributed by atoms with van der Waals surface area (Å²) in [6.45, 7) is 10.2. The molecule has 0 aliphatic heterocycles. The summed E-state index contributed by atoms with van der Waals surface area (Å²) in [5.41, 5.74) is 1.09. The van der Waals surface area contributed by atoms with Gasteiger partial charge in [-0.25, -0.2) is 4.79 Å². The summed E-state index contributed by atoms with van der Waals surface area (Å²) in [4.78, 5) is 40.9. The van der Waals surface area contributed by atoms with E-state index in [0.29, 0.717) is 26.2 Å². The molecule has 9 heteroatoms. The topological polar surface area (TPSA) is 103 Å². The number of nitrogens with one attached hydrogen (secondary N) is 1. The van der Waals surface area contributed by atoms with Crippen LogP contribution in [-0.4, -0.2) is 67.1 Å². The van der Waals surface area contributed by atoms with Crippen LogP contribution < -0.4 is 5.32 Å². The molecule has 2 rings (SSSR count). The fourth-order valence-corrected chi connectivity index (χ4v) is 3.78. The van der Waals surface area contributed by atoms with Crippen LogP contribution in [0.3, 0.4) is 0 Å². The van der Waals surface area contributed by atoms with Gasteiger partial charge in [0, 0.05) is 19.8 Å². The Hall–Kier alpha value is -3.43. The number of ether oxygens (including phenoxy) is 4. The maximum absolute atomic E-state index is 13.9. The van der Waals surface area contributed by atoms with Crippen molar-refractivity contribution in [2.24, 2.45) is 0 Å². The number of hydrogen-bond donors (Lipinski definition) is 1. The van der Waals surface area contributed by atoms with E-state index in [9.17, 15) is 14.4 Å². The third-order valence-electron chi connectivity index (χ3n) is 5.49. The average Bonchev–Trinajstić information content (AvgIpc) is 2.89. The molecular weight excluding hydrogens is 500 g/mol. The zero-order valence-corrected chi connectivity index (χ0v) is 23.7. The van der Waals surface area contributed by atoms with Gasteiger partial charge in [0.1, 0.15) is 18.2 Å². The Bertz CT molecular complexity index is 1000. The maximum Gasteiger partial charge on any atom is 0.408 e. The molecule has 0 saturated carbocycles. The number of benzene rings is 2. The van der Waals surface area contributed by atoms with Crippen molar-refractivity contribution in [1.29, 1.82) is 0 Å². The number of carbonyl (C=O) groups is 3. The first-order valence-corrected chi connectivity index (χ1v) is 13.4. The van der Waals surface area contributed by atoms with Crippen molar-refractivity contribution in [3.8, 4) is 0 Å². The largest absolute Gasteiger partial charge is 0.460 e. The average molecular weight is 543 g/mol. The number of nitrogens with zero attached hydrogens (tertiary/aromatic N) is 1. The summed E-state index contributed by atoms with van der Waals surface area (Å²) in [7, 11) is 0. The minimum Gasteiger partial charge on any atom is -0.460 e. The molecule has 0 bridgehead atoms. The highest BCUT2D eigenvalue weighted by atomic mass is 16.7. The van der Waals surface area contributed by atoms with Gasteiger partial charge in [0.2, 0.25) is 5.91 Å². The van der Waals surface area contributed by atoms with Crippen LogP contribution in [0.25, 0.3) is 0 Å². The minimum atomic E-state index is -1.21. The highest BCUT2D eigenvalue weighted by molar-refractivity contribution is 5.89. The second kappa shape index (κ2) is 16.5. The lowest BCUT2D eigenvalue weighted by Gasteiger charge is -2.31. The van der Waals surface area contributed by atoms with Crippen LogP contribution in [-0.2, 0) is 41.6 Å². The quantitative estimate of drug-likeness (QED) is 0.261. The fraction of sp³-hybridized carbons (Fsp3) is 0.500. The van der Waals surface area contributed by atoms with Crippen LogP contribution in [0.1, 0.15) is 52.2 Å². The second-order valence-corrected chi connectivity index (χ2v) is 9.91. The first-order chi connectivity index (χ1) is 18.6. The number of amides is 2. The van der Waals surface area contributed by atoms with Crippen molar-refractivity contribution in [1.82, 2.24) is 10.2 Å². The van der Waals surface area contributed by atoms with E-state index < -0.39 is 35.9 Å². The molecule has 214 valence electrons. The molecule has 1 N–H and O–H groups in total. The summed E-state index contributed by atoms with van der Waals surface area (Å²) in [5.74, 6) is -1.07. The summed E-state index contributed by atoms with van der Waals surface area (Å²) >= 11 is 0. The molecule has 0 radical (unpaired) electrons. The van der Waals surface area contributed by atoms with Gasteiger partial charge in [-0.1, -0.05) is 60.7 Å². The molecule has 9 nitrogen and oxygen atoms in total. The Kier molecular flexibility index (Phi) is 13.5. The summed E-state index contributed by atoms with van der Waals surface area (Å²) in [6.07, 6.45) is -1.26. The van der Waals surface area contributed by atoms with Gasteiger partial charge < -0.3 is 29.2 Å². The van der Waals surface area contributed by atoms with E-state index in [1.54, 1.807) is 25.7 Å². The van der Waals surface area contributed by atoms with Gasteiger partial charge in [0.15, 0.2) is 6.29 Å². The van der Waals surface area contributed by atoms with Gasteiger partial charge >= 0.3 is 12.1 Å². The minimum absolute atomic E-state index is 0.0223. The van der Waals surface area contributed by atoms with E-state index in [1.807, 2.05) is 74.5 Å². The Morgan fingerprint density at radius 1 is 0.872 bits per heavy atom. The Morgan fingerprint density at radius 3 is 1.97 bits per heavy atom. The van der Waals surface area contributed by atoms with Crippen molar-refractivity contribution in [3.05, 3.63) is 71.8 Å². The third-order valence-corrected chi connectivity index (χ3v) is 5.49. The predicted molar refractivity (Wildman–Crippen MR) is 148 cm³/mol. The predicted octanol–water partition coefficient (Wildman–Crippen LogP) is 4.48. The Balaban J connectivity index is 2.23. The van der Waals surface area contributed by atoms with Gasteiger partial charge in [-0.3, -0.25) is 9.59 Å². The molecule has 1 atom stereocenters. The molecule has 0 aliphatic carbocycles. The molecule has 0 aromatic heterocycles.